The number of carboxylic acid groups (broad SMARTS) is 1. The smallest absolute Gasteiger partial charge is 0.335 e. The lowest BCUT2D eigenvalue weighted by atomic mass is 10.0. The minimum atomic E-state index is -1.06. The molecule has 0 atom stereocenters. The summed E-state index contributed by atoms with van der Waals surface area (Å²) in [5, 5.41) is 11.5. The van der Waals surface area contributed by atoms with Gasteiger partial charge in [-0.2, -0.15) is 0 Å². The number of carbonyl (C=O) groups is 4. The van der Waals surface area contributed by atoms with Crippen molar-refractivity contribution in [2.45, 2.75) is 6.92 Å². The Balaban J connectivity index is 1.47. The lowest BCUT2D eigenvalue weighted by molar-refractivity contribution is -0.127. The molecule has 1 saturated heterocycles. The standard InChI is InChI=1S/C25H19ClN2O7S/c1-13-3-4-14(24(31)32)9-17(13)19-8-6-16(35-19)11-21-23(30)28(25(33)36-21)12-22(29)27-15-5-7-20(34-2)18(26)10-15/h3-11H,12H2,1-2H3,(H,27,29)(H,31,32)/b21-11-. The van der Waals surface area contributed by atoms with Gasteiger partial charge in [0.05, 0.1) is 22.6 Å². The lowest BCUT2D eigenvalue weighted by Crippen LogP contribution is -2.36. The Kier molecular flexibility index (Phi) is 7.18. The Hall–Kier alpha value is -4.02. The third-order valence-corrected chi connectivity index (χ3v) is 6.46. The molecule has 0 saturated carbocycles. The molecule has 0 spiro atoms. The number of rotatable bonds is 7. The Bertz CT molecular complexity index is 1430. The van der Waals surface area contributed by atoms with Crippen LogP contribution in [-0.2, 0) is 9.59 Å². The number of ether oxygens (including phenoxy) is 1. The molecule has 36 heavy (non-hydrogen) atoms. The highest BCUT2D eigenvalue weighted by Crippen LogP contribution is 2.34. The number of furan rings is 1. The van der Waals surface area contributed by atoms with Gasteiger partial charge in [-0.1, -0.05) is 17.7 Å². The monoisotopic (exact) mass is 526 g/mol. The maximum Gasteiger partial charge on any atom is 0.335 e. The van der Waals surface area contributed by atoms with E-state index in [4.69, 9.17) is 20.8 Å². The molecule has 2 aromatic carbocycles. The van der Waals surface area contributed by atoms with E-state index in [0.717, 1.165) is 10.5 Å². The average molecular weight is 527 g/mol. The van der Waals surface area contributed by atoms with Crippen molar-refractivity contribution < 1.29 is 33.4 Å². The molecule has 11 heteroatoms. The third-order valence-electron chi connectivity index (χ3n) is 5.26. The van der Waals surface area contributed by atoms with E-state index in [-0.39, 0.29) is 10.5 Å². The SMILES string of the molecule is COc1ccc(NC(=O)CN2C(=O)S/C(=C\c3ccc(-c4cc(C(=O)O)ccc4C)o3)C2=O)cc1Cl. The van der Waals surface area contributed by atoms with Gasteiger partial charge in [0.2, 0.25) is 5.91 Å². The summed E-state index contributed by atoms with van der Waals surface area (Å²) < 4.78 is 10.9. The molecule has 1 aliphatic heterocycles. The normalized spacial score (nSPS) is 14.4. The van der Waals surface area contributed by atoms with E-state index < -0.39 is 29.6 Å². The Morgan fingerprint density at radius 1 is 1.17 bits per heavy atom. The first-order valence-electron chi connectivity index (χ1n) is 10.5. The van der Waals surface area contributed by atoms with Crippen LogP contribution in [-0.4, -0.2) is 46.7 Å². The number of aromatic carboxylic acids is 1. The van der Waals surface area contributed by atoms with Crippen molar-refractivity contribution in [3.05, 3.63) is 75.3 Å². The number of nitrogens with zero attached hydrogens (tertiary/aromatic N) is 1. The Labute approximate surface area is 214 Å². The van der Waals surface area contributed by atoms with Crippen molar-refractivity contribution in [1.29, 1.82) is 0 Å². The highest BCUT2D eigenvalue weighted by molar-refractivity contribution is 8.18. The molecule has 0 radical (unpaired) electrons. The van der Waals surface area contributed by atoms with Crippen LogP contribution in [0.15, 0.2) is 57.9 Å². The molecule has 3 amide bonds. The van der Waals surface area contributed by atoms with Crippen molar-refractivity contribution >= 4 is 58.1 Å². The molecule has 1 fully saturated rings. The predicted molar refractivity (Wildman–Crippen MR) is 135 cm³/mol. The van der Waals surface area contributed by atoms with Gasteiger partial charge in [-0.05, 0) is 66.7 Å². The molecule has 3 aromatic rings. The minimum Gasteiger partial charge on any atom is -0.495 e. The van der Waals surface area contributed by atoms with Gasteiger partial charge in [0, 0.05) is 17.3 Å². The average Bonchev–Trinajstić information content (AvgIpc) is 3.39. The summed E-state index contributed by atoms with van der Waals surface area (Å²) >= 11 is 6.75. The van der Waals surface area contributed by atoms with Crippen LogP contribution >= 0.6 is 23.4 Å². The van der Waals surface area contributed by atoms with Crippen LogP contribution in [0.5, 0.6) is 5.75 Å². The van der Waals surface area contributed by atoms with Crippen molar-refractivity contribution in [1.82, 2.24) is 4.90 Å². The molecule has 0 aliphatic carbocycles. The number of amides is 3. The summed E-state index contributed by atoms with van der Waals surface area (Å²) in [4.78, 5) is 49.9. The fraction of sp³-hybridized carbons (Fsp3) is 0.120. The zero-order valence-electron chi connectivity index (χ0n) is 19.0. The molecule has 4 rings (SSSR count). The second-order valence-corrected chi connectivity index (χ2v) is 9.10. The predicted octanol–water partition coefficient (Wildman–Crippen LogP) is 5.29. The number of methoxy groups -OCH3 is 1. The first kappa shape index (κ1) is 25.1. The van der Waals surface area contributed by atoms with E-state index in [1.807, 2.05) is 6.92 Å². The van der Waals surface area contributed by atoms with Crippen LogP contribution in [0.3, 0.4) is 0 Å². The number of thioether (sulfide) groups is 1. The number of nitrogens with one attached hydrogen (secondary N) is 1. The zero-order valence-corrected chi connectivity index (χ0v) is 20.6. The maximum atomic E-state index is 12.8. The summed E-state index contributed by atoms with van der Waals surface area (Å²) in [6.07, 6.45) is 1.41. The van der Waals surface area contributed by atoms with Crippen molar-refractivity contribution in [2.24, 2.45) is 0 Å². The number of hydrogen-bond donors (Lipinski definition) is 2. The largest absolute Gasteiger partial charge is 0.495 e. The summed E-state index contributed by atoms with van der Waals surface area (Å²) in [6, 6.07) is 12.6. The number of carboxylic acids is 1. The molecule has 1 aliphatic rings. The molecule has 1 aromatic heterocycles. The Morgan fingerprint density at radius 3 is 2.64 bits per heavy atom. The number of aryl methyl sites for hydroxylation is 1. The van der Waals surface area contributed by atoms with Crippen molar-refractivity contribution in [3.63, 3.8) is 0 Å². The van der Waals surface area contributed by atoms with E-state index in [2.05, 4.69) is 5.32 Å². The van der Waals surface area contributed by atoms with E-state index in [9.17, 15) is 24.3 Å². The Morgan fingerprint density at radius 2 is 1.94 bits per heavy atom. The third kappa shape index (κ3) is 5.29. The van der Waals surface area contributed by atoms with Gasteiger partial charge < -0.3 is 19.6 Å². The van der Waals surface area contributed by atoms with E-state index >= 15 is 0 Å². The molecule has 9 nitrogen and oxygen atoms in total. The number of carbonyl (C=O) groups excluding carboxylic acids is 3. The van der Waals surface area contributed by atoms with E-state index in [1.54, 1.807) is 30.3 Å². The van der Waals surface area contributed by atoms with Crippen molar-refractivity contribution in [3.8, 4) is 17.1 Å². The van der Waals surface area contributed by atoms with Crippen LogP contribution in [0.4, 0.5) is 10.5 Å². The number of anilines is 1. The summed E-state index contributed by atoms with van der Waals surface area (Å²) in [5.74, 6) is -1.11. The number of imide groups is 1. The van der Waals surface area contributed by atoms with E-state index in [1.165, 1.54) is 31.4 Å². The fourth-order valence-electron chi connectivity index (χ4n) is 3.45. The highest BCUT2D eigenvalue weighted by Gasteiger charge is 2.36. The number of halogens is 1. The molecule has 0 bridgehead atoms. The van der Waals surface area contributed by atoms with Crippen LogP contribution < -0.4 is 10.1 Å². The molecule has 184 valence electrons. The van der Waals surface area contributed by atoms with Gasteiger partial charge in [-0.25, -0.2) is 4.79 Å². The van der Waals surface area contributed by atoms with Crippen LogP contribution in [0, 0.1) is 6.92 Å². The van der Waals surface area contributed by atoms with Crippen molar-refractivity contribution in [2.75, 3.05) is 19.0 Å². The topological polar surface area (TPSA) is 126 Å². The molecule has 2 N–H and O–H groups in total. The van der Waals surface area contributed by atoms with Gasteiger partial charge in [-0.15, -0.1) is 0 Å². The summed E-state index contributed by atoms with van der Waals surface area (Å²) in [6.45, 7) is 1.34. The molecular formula is C25H19ClN2O7S. The van der Waals surface area contributed by atoms with Gasteiger partial charge in [-0.3, -0.25) is 19.3 Å². The lowest BCUT2D eigenvalue weighted by Gasteiger charge is -2.13. The number of benzene rings is 2. The zero-order chi connectivity index (χ0) is 26.0. The minimum absolute atomic E-state index is 0.0946. The molecular weight excluding hydrogens is 508 g/mol. The first-order chi connectivity index (χ1) is 17.2. The van der Waals surface area contributed by atoms with Crippen LogP contribution in [0.2, 0.25) is 5.02 Å². The highest BCUT2D eigenvalue weighted by atomic mass is 35.5. The number of hydrogen-bond acceptors (Lipinski definition) is 7. The van der Waals surface area contributed by atoms with Gasteiger partial charge in [0.1, 0.15) is 23.8 Å². The van der Waals surface area contributed by atoms with Crippen LogP contribution in [0.1, 0.15) is 21.7 Å². The van der Waals surface area contributed by atoms with Gasteiger partial charge >= 0.3 is 5.97 Å². The van der Waals surface area contributed by atoms with E-state index in [0.29, 0.717) is 45.3 Å². The van der Waals surface area contributed by atoms with Crippen LogP contribution in [0.25, 0.3) is 17.4 Å². The van der Waals surface area contributed by atoms with Gasteiger partial charge in [0.25, 0.3) is 11.1 Å². The summed E-state index contributed by atoms with van der Waals surface area (Å²) in [7, 11) is 1.47. The quantitative estimate of drug-likeness (QED) is 0.398. The fourth-order valence-corrected chi connectivity index (χ4v) is 4.53. The van der Waals surface area contributed by atoms with Gasteiger partial charge in [0.15, 0.2) is 0 Å². The second kappa shape index (κ2) is 10.3. The molecule has 2 heterocycles. The second-order valence-electron chi connectivity index (χ2n) is 7.70. The maximum absolute atomic E-state index is 12.8. The molecule has 0 unspecified atom stereocenters. The first-order valence-corrected chi connectivity index (χ1v) is 11.7. The summed E-state index contributed by atoms with van der Waals surface area (Å²) in [5.41, 5.74) is 1.91.